The summed E-state index contributed by atoms with van der Waals surface area (Å²) in [7, 11) is 20.5. The van der Waals surface area contributed by atoms with Gasteiger partial charge in [-0.25, -0.2) is 0 Å². The number of aliphatic hydroxyl groups excluding tert-OH is 1. The summed E-state index contributed by atoms with van der Waals surface area (Å²) in [6, 6.07) is 0. The minimum atomic E-state index is -0.589. The highest BCUT2D eigenvalue weighted by Crippen LogP contribution is 2.71. The van der Waals surface area contributed by atoms with E-state index in [2.05, 4.69) is 79.8 Å². The number of hydrogen-bond acceptors (Lipinski definition) is 16. The van der Waals surface area contributed by atoms with E-state index in [0.29, 0.717) is 142 Å². The summed E-state index contributed by atoms with van der Waals surface area (Å²) < 4.78 is 33.0. The molecule has 21 fully saturated rings. The van der Waals surface area contributed by atoms with Gasteiger partial charge in [-0.15, -0.1) is 9.80 Å². The van der Waals surface area contributed by atoms with Crippen LogP contribution in [0, 0.1) is 193 Å². The second-order valence-corrected chi connectivity index (χ2v) is 56.2. The molecule has 0 aromatic carbocycles. The molecule has 0 aromatic rings. The van der Waals surface area contributed by atoms with Crippen molar-refractivity contribution in [3.05, 3.63) is 11.6 Å². The standard InChI is InChI=1S/C24H42O3.2C24H40O3.C24H40O2.C22H36O3.C4H8O.3CH4.B6I.HIS/c3*1-4-27-15-24(26)13-11-18-17(14-24)8-9-20-19(18)10-12-23(3)21(16(2)25)6-5-7-22(20)23;1-4-18-7-6-8-22-21-10-9-17-15-24(25,16-26-5-2)14-12-19(17)20(21)11-13-23(18,22)3;1-3-25-14-22(24)12-10-16-15(13-22)7-8-18-17(16)9-11-21(2)19(18)5-4-6-20(21)23;1-2-4-5-3-1;;;;1-4-6(7)5(2)3;1-2/h16-22,25-26H,4-15H2,1-3H3;2*17-22,26H,4-15H2,1-3H3;4,17,19-22,25H,5-16H2,1-3H3;15-19,24H,3-14H2,1-2H3;1-4H2;3*1H4;;2H/b;;;18-4-;;;;;;;/t16?,17-,18-,19+,20+,21?,22-,23+,24+;17-,18-,19+,20+,21+,22-,23+,24+;17-,18-,19+,20+,21-,22-,23+,24+;17-,19-,20+,21+,22-,23+,24+;15-,16-,17+,18+,19-,21-,22+;;;;;;/m00000....../s1. The smallest absolute Gasteiger partial charge is 0.139 e. The van der Waals surface area contributed by atoms with E-state index in [-0.39, 0.29) is 55.4 Å². The van der Waals surface area contributed by atoms with Gasteiger partial charge in [-0.3, -0.25) is 14.4 Å². The Bertz CT molecular complexity index is 3980. The molecular formula is C125H219B6I2O15S. The monoisotopic (exact) mass is 2310 g/mol. The molecule has 15 nitrogen and oxygen atoms in total. The Hall–Kier alpha value is 0.470. The zero-order chi connectivity index (χ0) is 105. The molecule has 6 N–H and O–H groups in total. The number of fused-ring (bicyclic) bond motifs is 25. The number of ether oxygens (including phenoxy) is 6. The highest BCUT2D eigenvalue weighted by Gasteiger charge is 2.64. The van der Waals surface area contributed by atoms with Crippen LogP contribution in [0.3, 0.4) is 0 Å². The third kappa shape index (κ3) is 29.2. The fourth-order valence-corrected chi connectivity index (χ4v) is 40.8. The molecule has 20 aliphatic carbocycles. The lowest BCUT2D eigenvalue weighted by Crippen LogP contribution is -2.55. The summed E-state index contributed by atoms with van der Waals surface area (Å²) in [5.41, 5.74) is 0.219. The molecule has 20 saturated carbocycles. The first-order chi connectivity index (χ1) is 69.8. The number of hydrogen-bond donors (Lipinski definition) is 7. The van der Waals surface area contributed by atoms with Crippen molar-refractivity contribution < 1.29 is 73.4 Å². The Balaban J connectivity index is 0.000000170. The Labute approximate surface area is 948 Å². The predicted molar refractivity (Wildman–Crippen MR) is 640 cm³/mol. The van der Waals surface area contributed by atoms with Crippen LogP contribution in [0.25, 0.3) is 0 Å². The molecule has 0 amide bonds. The minimum absolute atomic E-state index is 0. The third-order valence-electron chi connectivity index (χ3n) is 47.5. The number of carbonyl (C=O) groups excluding carboxylic acids is 3. The molecule has 1 aliphatic heterocycles. The molecule has 21 rings (SSSR count). The first kappa shape index (κ1) is 130. The maximum atomic E-state index is 12.6. The van der Waals surface area contributed by atoms with Crippen molar-refractivity contribution in [2.24, 2.45) is 193 Å². The van der Waals surface area contributed by atoms with E-state index in [1.807, 2.05) is 76.6 Å². The van der Waals surface area contributed by atoms with Gasteiger partial charge in [0.15, 0.2) is 0 Å². The lowest BCUT2D eigenvalue weighted by Gasteiger charge is -2.61. The van der Waals surface area contributed by atoms with E-state index in [1.165, 1.54) is 238 Å². The van der Waals surface area contributed by atoms with Gasteiger partial charge in [0.25, 0.3) is 0 Å². The lowest BCUT2D eigenvalue weighted by molar-refractivity contribution is -0.153. The highest BCUT2D eigenvalue weighted by atomic mass is 127. The third-order valence-corrected chi connectivity index (χ3v) is 48.8. The molecule has 39 atom stereocenters. The van der Waals surface area contributed by atoms with E-state index < -0.39 is 28.0 Å². The Morgan fingerprint density at radius 2 is 0.664 bits per heavy atom. The minimum Gasteiger partial charge on any atom is -0.393 e. The van der Waals surface area contributed by atoms with Crippen LogP contribution in [-0.4, -0.2) is 202 Å². The number of thiol groups is 1. The summed E-state index contributed by atoms with van der Waals surface area (Å²) in [5.74, 6) is 22.5. The van der Waals surface area contributed by atoms with Gasteiger partial charge in [0, 0.05) is 107 Å². The second kappa shape index (κ2) is 57.3. The molecule has 847 valence electrons. The molecule has 0 spiro atoms. The van der Waals surface area contributed by atoms with Crippen LogP contribution in [0.1, 0.15) is 453 Å². The number of aliphatic hydroxyl groups is 6. The fourth-order valence-electron chi connectivity index (χ4n) is 40.8. The Morgan fingerprint density at radius 1 is 0.389 bits per heavy atom. The van der Waals surface area contributed by atoms with Gasteiger partial charge in [0.2, 0.25) is 0 Å². The van der Waals surface area contributed by atoms with Crippen molar-refractivity contribution in [2.45, 2.75) is 487 Å². The average Bonchev–Trinajstić information content (AvgIpc) is 1.59. The van der Waals surface area contributed by atoms with Crippen molar-refractivity contribution >= 4 is 112 Å². The van der Waals surface area contributed by atoms with Crippen LogP contribution in [-0.2, 0) is 42.8 Å². The number of Topliss-reactive ketones (excluding diaryl/α,β-unsaturated/α-hetero) is 3. The highest BCUT2D eigenvalue weighted by molar-refractivity contribution is 14.2. The first-order valence-electron chi connectivity index (χ1n) is 61.6. The van der Waals surface area contributed by atoms with Crippen molar-refractivity contribution in [1.29, 1.82) is 0 Å². The number of rotatable bonds is 20. The topological polar surface area (TPSA) is 228 Å². The zero-order valence-electron chi connectivity index (χ0n) is 94.6. The molecular weight excluding hydrogens is 2090 g/mol. The van der Waals surface area contributed by atoms with Gasteiger partial charge in [-0.05, 0) is 567 Å². The summed E-state index contributed by atoms with van der Waals surface area (Å²) in [5, 5.41) is 65.4. The predicted octanol–water partition coefficient (Wildman–Crippen LogP) is 27.5. The van der Waals surface area contributed by atoms with Gasteiger partial charge in [0.1, 0.15) is 21.7 Å². The first-order valence-corrected chi connectivity index (χ1v) is 66.1. The van der Waals surface area contributed by atoms with E-state index in [4.69, 9.17) is 51.6 Å². The second-order valence-electron chi connectivity index (χ2n) is 54.8. The summed E-state index contributed by atoms with van der Waals surface area (Å²) in [6.45, 7) is 38.4. The van der Waals surface area contributed by atoms with Crippen LogP contribution < -0.4 is 0 Å². The van der Waals surface area contributed by atoms with E-state index in [9.17, 15) is 45.0 Å². The Kier molecular flexibility index (Phi) is 49.8. The fraction of sp³-hybridized carbons (Fsp3) is 0.960. The molecule has 1 heterocycles. The molecule has 0 bridgehead atoms. The molecule has 0 aromatic heterocycles. The van der Waals surface area contributed by atoms with Gasteiger partial charge >= 0.3 is 0 Å². The number of carbonyl (C=O) groups is 3. The van der Waals surface area contributed by atoms with Crippen LogP contribution in [0.15, 0.2) is 11.6 Å². The summed E-state index contributed by atoms with van der Waals surface area (Å²) >= 11 is 3.91. The van der Waals surface area contributed by atoms with Crippen LogP contribution in [0.4, 0.5) is 0 Å². The van der Waals surface area contributed by atoms with Gasteiger partial charge < -0.3 is 59.1 Å². The van der Waals surface area contributed by atoms with Crippen LogP contribution >= 0.6 is 53.4 Å². The van der Waals surface area contributed by atoms with Gasteiger partial charge in [-0.1, -0.05) is 87.8 Å². The molecule has 24 heteroatoms. The van der Waals surface area contributed by atoms with E-state index in [0.717, 1.165) is 234 Å². The van der Waals surface area contributed by atoms with Gasteiger partial charge in [0.05, 0.1) is 67.1 Å². The van der Waals surface area contributed by atoms with E-state index in [1.54, 1.807) is 5.57 Å². The number of allylic oxidation sites excluding steroid dienone is 2. The van der Waals surface area contributed by atoms with Crippen molar-refractivity contribution in [2.75, 3.05) is 79.3 Å². The maximum Gasteiger partial charge on any atom is 0.139 e. The van der Waals surface area contributed by atoms with E-state index >= 15 is 0 Å². The summed E-state index contributed by atoms with van der Waals surface area (Å²) in [6.07, 6.45) is 64.7. The van der Waals surface area contributed by atoms with Crippen molar-refractivity contribution in [1.82, 2.24) is 0 Å². The molecule has 21 aliphatic rings. The molecule has 7 radical (unpaired) electrons. The quantitative estimate of drug-likeness (QED) is 0.0260. The normalized spacial score (nSPS) is 45.5. The van der Waals surface area contributed by atoms with Gasteiger partial charge in [-0.2, -0.15) is 22.4 Å². The SMILES string of the molecule is C.C.C.C/C=C1/CCC[C@H]2[C@@H]3CC[C@H]4C[C@@](O)(COCC)CC[C@@H]4[C@H]3CC[C@]12C.C1CCOC1.CCOC[C@@]1(O)CC[C@H]2[C@@H](CC[C@@H]3[C@@H]2CC[C@]2(C)C(=O)CCC[C@@H]32)C1.CCOC[C@@]1(O)CC[C@H]2[C@@H](CC[C@@H]3[C@@H]2CC[C@]2(C)C(C(C)O)CCC[C@@H]32)C1.CCOC[C@@]1(O)CC[C@H]2[C@@H](CC[C@@H]3[C@@H]2CC[C@]2(C)[C@@H](C(C)=O)CCC[C@@H]32)C1.CCOC[C@@]1(O)CC[C@H]2[C@@H](CC[C@@H]3[C@@H]2CC[C@]2(C)[C@H](C(C)=O)CCC[C@@H]32)C1.SI.[B][B]B(I)B([B])[B]. The summed E-state index contributed by atoms with van der Waals surface area (Å²) in [4.78, 5) is 37.4. The number of ketones is 3. The molecule has 149 heavy (non-hydrogen) atoms. The van der Waals surface area contributed by atoms with Crippen molar-refractivity contribution in [3.8, 4) is 0 Å². The van der Waals surface area contributed by atoms with Crippen molar-refractivity contribution in [3.63, 3.8) is 0 Å². The molecule has 2 unspecified atom stereocenters. The lowest BCUT2D eigenvalue weighted by atomic mass is 8.91. The largest absolute Gasteiger partial charge is 0.393 e. The number of halogens is 2. The van der Waals surface area contributed by atoms with Crippen LogP contribution in [0.2, 0.25) is 0 Å². The Morgan fingerprint density at radius 3 is 0.946 bits per heavy atom. The average molecular weight is 2310 g/mol. The zero-order valence-corrected chi connectivity index (χ0v) is 99.8. The maximum absolute atomic E-state index is 12.6. The van der Waals surface area contributed by atoms with Crippen LogP contribution in [0.5, 0.6) is 0 Å². The molecule has 1 saturated heterocycles.